The van der Waals surface area contributed by atoms with Crippen LogP contribution in [-0.4, -0.2) is 13.2 Å². The summed E-state index contributed by atoms with van der Waals surface area (Å²) >= 11 is 0. The molecular weight excluding hydrogens is 210 g/mol. The Morgan fingerprint density at radius 1 is 1.29 bits per heavy atom. The largest absolute Gasteiger partial charge is 0.496 e. The maximum atomic E-state index is 6.30. The lowest BCUT2D eigenvalue weighted by Crippen LogP contribution is -2.34. The molecule has 1 saturated carbocycles. The molecule has 1 fully saturated rings. The molecule has 2 heteroatoms. The number of methoxy groups -OCH3 is 1. The molecule has 2 N–H and O–H groups in total. The lowest BCUT2D eigenvalue weighted by Gasteiger charge is -2.34. The van der Waals surface area contributed by atoms with E-state index in [-0.39, 0.29) is 6.04 Å². The Labute approximate surface area is 104 Å². The number of rotatable bonds is 3. The van der Waals surface area contributed by atoms with Crippen molar-refractivity contribution in [2.24, 2.45) is 11.7 Å². The summed E-state index contributed by atoms with van der Waals surface area (Å²) in [5.74, 6) is 2.28. The molecule has 3 atom stereocenters. The average molecular weight is 233 g/mol. The van der Waals surface area contributed by atoms with Crippen LogP contribution in [0.25, 0.3) is 0 Å². The fourth-order valence-corrected chi connectivity index (χ4v) is 2.98. The highest BCUT2D eigenvalue weighted by Gasteiger charge is 2.30. The summed E-state index contributed by atoms with van der Waals surface area (Å²) in [6, 6.07) is 8.60. The zero-order chi connectivity index (χ0) is 12.3. The molecular formula is C15H23NO. The topological polar surface area (TPSA) is 35.2 Å². The number of para-hydroxylation sites is 1. The smallest absolute Gasteiger partial charge is 0.122 e. The van der Waals surface area contributed by atoms with E-state index in [4.69, 9.17) is 10.5 Å². The summed E-state index contributed by atoms with van der Waals surface area (Å²) in [5.41, 5.74) is 7.59. The van der Waals surface area contributed by atoms with Crippen molar-refractivity contribution in [2.75, 3.05) is 7.11 Å². The molecule has 1 aromatic carbocycles. The molecule has 0 saturated heterocycles. The Hall–Kier alpha value is -1.02. The predicted molar refractivity (Wildman–Crippen MR) is 71.3 cm³/mol. The van der Waals surface area contributed by atoms with Crippen LogP contribution >= 0.6 is 0 Å². The van der Waals surface area contributed by atoms with Gasteiger partial charge in [0.2, 0.25) is 0 Å². The highest BCUT2D eigenvalue weighted by Crippen LogP contribution is 2.40. The van der Waals surface area contributed by atoms with Crippen molar-refractivity contribution in [3.8, 4) is 5.75 Å². The van der Waals surface area contributed by atoms with Crippen LogP contribution in [-0.2, 0) is 0 Å². The minimum atomic E-state index is 0.286. The van der Waals surface area contributed by atoms with Gasteiger partial charge in [0.25, 0.3) is 0 Å². The van der Waals surface area contributed by atoms with E-state index in [0.717, 1.165) is 18.1 Å². The molecule has 0 spiro atoms. The van der Waals surface area contributed by atoms with E-state index in [1.807, 2.05) is 12.1 Å². The van der Waals surface area contributed by atoms with Gasteiger partial charge < -0.3 is 10.5 Å². The highest BCUT2D eigenvalue weighted by molar-refractivity contribution is 5.37. The van der Waals surface area contributed by atoms with E-state index in [0.29, 0.717) is 5.92 Å². The fraction of sp³-hybridized carbons (Fsp3) is 0.600. The molecule has 2 nitrogen and oxygen atoms in total. The van der Waals surface area contributed by atoms with Crippen LogP contribution in [0.5, 0.6) is 5.75 Å². The van der Waals surface area contributed by atoms with Gasteiger partial charge in [-0.2, -0.15) is 0 Å². The first-order valence-electron chi connectivity index (χ1n) is 6.64. The van der Waals surface area contributed by atoms with Gasteiger partial charge in [-0.3, -0.25) is 0 Å². The minimum absolute atomic E-state index is 0.286. The Morgan fingerprint density at radius 3 is 2.76 bits per heavy atom. The van der Waals surface area contributed by atoms with Crippen LogP contribution in [0.1, 0.15) is 44.1 Å². The standard InChI is InChI=1S/C15H23NO/c1-3-11-8-9-14(16)13(10-11)12-6-4-5-7-15(12)17-2/h4-7,11,13-14H,3,8-10,16H2,1-2H3. The van der Waals surface area contributed by atoms with Crippen LogP contribution in [0.4, 0.5) is 0 Å². The van der Waals surface area contributed by atoms with Crippen molar-refractivity contribution >= 4 is 0 Å². The maximum absolute atomic E-state index is 6.30. The molecule has 2 rings (SSSR count). The van der Waals surface area contributed by atoms with Crippen molar-refractivity contribution in [3.05, 3.63) is 29.8 Å². The van der Waals surface area contributed by atoms with Gasteiger partial charge >= 0.3 is 0 Å². The lowest BCUT2D eigenvalue weighted by atomic mass is 9.74. The van der Waals surface area contributed by atoms with E-state index in [2.05, 4.69) is 19.1 Å². The fourth-order valence-electron chi connectivity index (χ4n) is 2.98. The van der Waals surface area contributed by atoms with E-state index < -0.39 is 0 Å². The van der Waals surface area contributed by atoms with Crippen molar-refractivity contribution < 1.29 is 4.74 Å². The van der Waals surface area contributed by atoms with Crippen LogP contribution in [0.2, 0.25) is 0 Å². The van der Waals surface area contributed by atoms with Crippen molar-refractivity contribution in [1.82, 2.24) is 0 Å². The summed E-state index contributed by atoms with van der Waals surface area (Å²) in [6.45, 7) is 2.28. The Balaban J connectivity index is 2.24. The SMILES string of the molecule is CCC1CCC(N)C(c2ccccc2OC)C1. The van der Waals surface area contributed by atoms with Crippen molar-refractivity contribution in [3.63, 3.8) is 0 Å². The molecule has 17 heavy (non-hydrogen) atoms. The third kappa shape index (κ3) is 2.63. The second-order valence-corrected chi connectivity index (χ2v) is 5.10. The molecule has 0 aliphatic heterocycles. The summed E-state index contributed by atoms with van der Waals surface area (Å²) < 4.78 is 5.46. The zero-order valence-corrected chi connectivity index (χ0v) is 10.9. The molecule has 0 aromatic heterocycles. The Bertz CT molecular complexity index is 364. The Kier molecular flexibility index (Phi) is 4.06. The summed E-state index contributed by atoms with van der Waals surface area (Å²) in [5, 5.41) is 0. The quantitative estimate of drug-likeness (QED) is 0.869. The highest BCUT2D eigenvalue weighted by atomic mass is 16.5. The van der Waals surface area contributed by atoms with Crippen LogP contribution < -0.4 is 10.5 Å². The minimum Gasteiger partial charge on any atom is -0.496 e. The number of ether oxygens (including phenoxy) is 1. The predicted octanol–water partition coefficient (Wildman–Crippen LogP) is 3.32. The molecule has 3 unspecified atom stereocenters. The molecule has 0 amide bonds. The number of hydrogen-bond donors (Lipinski definition) is 1. The Morgan fingerprint density at radius 2 is 2.06 bits per heavy atom. The van der Waals surface area contributed by atoms with Gasteiger partial charge in [0, 0.05) is 12.0 Å². The van der Waals surface area contributed by atoms with Gasteiger partial charge in [-0.25, -0.2) is 0 Å². The first-order chi connectivity index (χ1) is 8.26. The van der Waals surface area contributed by atoms with Crippen molar-refractivity contribution in [2.45, 2.75) is 44.6 Å². The van der Waals surface area contributed by atoms with Crippen LogP contribution in [0.15, 0.2) is 24.3 Å². The van der Waals surface area contributed by atoms with E-state index in [1.54, 1.807) is 7.11 Å². The molecule has 0 radical (unpaired) electrons. The van der Waals surface area contributed by atoms with Gasteiger partial charge in [-0.1, -0.05) is 31.5 Å². The molecule has 1 aliphatic carbocycles. The summed E-state index contributed by atoms with van der Waals surface area (Å²) in [7, 11) is 1.74. The van der Waals surface area contributed by atoms with Crippen LogP contribution in [0, 0.1) is 5.92 Å². The first kappa shape index (κ1) is 12.4. The monoisotopic (exact) mass is 233 g/mol. The first-order valence-corrected chi connectivity index (χ1v) is 6.64. The van der Waals surface area contributed by atoms with Crippen LogP contribution in [0.3, 0.4) is 0 Å². The third-order valence-corrected chi connectivity index (χ3v) is 4.13. The summed E-state index contributed by atoms with van der Waals surface area (Å²) in [4.78, 5) is 0. The normalized spacial score (nSPS) is 29.0. The number of benzene rings is 1. The number of hydrogen-bond acceptors (Lipinski definition) is 2. The molecule has 0 heterocycles. The summed E-state index contributed by atoms with van der Waals surface area (Å²) in [6.07, 6.45) is 4.89. The second-order valence-electron chi connectivity index (χ2n) is 5.10. The number of nitrogens with two attached hydrogens (primary N) is 1. The molecule has 1 aromatic rings. The maximum Gasteiger partial charge on any atom is 0.122 e. The van der Waals surface area contributed by atoms with E-state index in [9.17, 15) is 0 Å². The van der Waals surface area contributed by atoms with Gasteiger partial charge in [-0.05, 0) is 36.8 Å². The van der Waals surface area contributed by atoms with Gasteiger partial charge in [-0.15, -0.1) is 0 Å². The van der Waals surface area contributed by atoms with Gasteiger partial charge in [0.05, 0.1) is 7.11 Å². The van der Waals surface area contributed by atoms with Gasteiger partial charge in [0.1, 0.15) is 5.75 Å². The second kappa shape index (κ2) is 5.54. The van der Waals surface area contributed by atoms with Gasteiger partial charge in [0.15, 0.2) is 0 Å². The third-order valence-electron chi connectivity index (χ3n) is 4.13. The van der Waals surface area contributed by atoms with E-state index >= 15 is 0 Å². The molecule has 0 bridgehead atoms. The molecule has 94 valence electrons. The van der Waals surface area contributed by atoms with Crippen molar-refractivity contribution in [1.29, 1.82) is 0 Å². The lowest BCUT2D eigenvalue weighted by molar-refractivity contribution is 0.277. The van der Waals surface area contributed by atoms with E-state index in [1.165, 1.54) is 24.8 Å². The average Bonchev–Trinajstić information content (AvgIpc) is 2.39. The zero-order valence-electron chi connectivity index (χ0n) is 10.9. The molecule has 1 aliphatic rings.